The Morgan fingerprint density at radius 3 is 2.80 bits per heavy atom. The highest BCUT2D eigenvalue weighted by molar-refractivity contribution is 9.10. The Labute approximate surface area is 99.3 Å². The maximum absolute atomic E-state index is 5.67. The SMILES string of the molecule is CN(C)CCCOc1cc(N)ccc1Br. The van der Waals surface area contributed by atoms with Crippen molar-refractivity contribution in [3.05, 3.63) is 22.7 Å². The van der Waals surface area contributed by atoms with E-state index in [0.29, 0.717) is 6.61 Å². The quantitative estimate of drug-likeness (QED) is 0.661. The van der Waals surface area contributed by atoms with Crippen molar-refractivity contribution in [3.8, 4) is 5.75 Å². The Bertz CT molecular complexity index is 315. The van der Waals surface area contributed by atoms with Gasteiger partial charge in [0.1, 0.15) is 5.75 Å². The lowest BCUT2D eigenvalue weighted by atomic mass is 10.3. The second-order valence-electron chi connectivity index (χ2n) is 3.70. The molecule has 1 aromatic carbocycles. The number of anilines is 1. The summed E-state index contributed by atoms with van der Waals surface area (Å²) < 4.78 is 6.56. The van der Waals surface area contributed by atoms with Crippen molar-refractivity contribution in [2.75, 3.05) is 33.0 Å². The van der Waals surface area contributed by atoms with E-state index < -0.39 is 0 Å². The van der Waals surface area contributed by atoms with Crippen molar-refractivity contribution in [2.45, 2.75) is 6.42 Å². The lowest BCUT2D eigenvalue weighted by molar-refractivity contribution is 0.280. The number of rotatable bonds is 5. The molecule has 1 aromatic rings. The number of nitrogen functional groups attached to an aromatic ring is 1. The second-order valence-corrected chi connectivity index (χ2v) is 4.55. The van der Waals surface area contributed by atoms with Crippen molar-refractivity contribution in [3.63, 3.8) is 0 Å². The molecule has 1 rings (SSSR count). The van der Waals surface area contributed by atoms with Crippen LogP contribution in [0.25, 0.3) is 0 Å². The van der Waals surface area contributed by atoms with Gasteiger partial charge in [-0.25, -0.2) is 0 Å². The fourth-order valence-corrected chi connectivity index (χ4v) is 1.55. The molecule has 0 aliphatic heterocycles. The Morgan fingerprint density at radius 1 is 1.40 bits per heavy atom. The molecule has 3 nitrogen and oxygen atoms in total. The Balaban J connectivity index is 2.40. The number of hydrogen-bond acceptors (Lipinski definition) is 3. The Morgan fingerprint density at radius 2 is 2.13 bits per heavy atom. The highest BCUT2D eigenvalue weighted by atomic mass is 79.9. The van der Waals surface area contributed by atoms with E-state index in [9.17, 15) is 0 Å². The van der Waals surface area contributed by atoms with Gasteiger partial charge in [-0.2, -0.15) is 0 Å². The van der Waals surface area contributed by atoms with Gasteiger partial charge in [0.15, 0.2) is 0 Å². The van der Waals surface area contributed by atoms with Gasteiger partial charge in [-0.15, -0.1) is 0 Å². The highest BCUT2D eigenvalue weighted by Gasteiger charge is 2.01. The molecule has 4 heteroatoms. The molecule has 0 fully saturated rings. The van der Waals surface area contributed by atoms with Crippen LogP contribution in [0, 0.1) is 0 Å². The second kappa shape index (κ2) is 5.98. The van der Waals surface area contributed by atoms with E-state index in [1.54, 1.807) is 0 Å². The van der Waals surface area contributed by atoms with Gasteiger partial charge in [0.05, 0.1) is 11.1 Å². The lowest BCUT2D eigenvalue weighted by Gasteiger charge is -2.11. The average Bonchev–Trinajstić information content (AvgIpc) is 2.17. The number of halogens is 1. The summed E-state index contributed by atoms with van der Waals surface area (Å²) in [6, 6.07) is 5.58. The maximum atomic E-state index is 5.67. The van der Waals surface area contributed by atoms with Crippen LogP contribution in [0.2, 0.25) is 0 Å². The summed E-state index contributed by atoms with van der Waals surface area (Å²) in [6.07, 6.45) is 1.01. The van der Waals surface area contributed by atoms with Crippen LogP contribution in [0.1, 0.15) is 6.42 Å². The van der Waals surface area contributed by atoms with E-state index in [-0.39, 0.29) is 0 Å². The molecule has 0 heterocycles. The molecule has 0 aromatic heterocycles. The van der Waals surface area contributed by atoms with E-state index in [0.717, 1.165) is 28.9 Å². The average molecular weight is 273 g/mol. The van der Waals surface area contributed by atoms with Crippen molar-refractivity contribution < 1.29 is 4.74 Å². The zero-order valence-corrected chi connectivity index (χ0v) is 10.8. The first-order valence-corrected chi connectivity index (χ1v) is 5.71. The van der Waals surface area contributed by atoms with Crippen molar-refractivity contribution >= 4 is 21.6 Å². The van der Waals surface area contributed by atoms with Crippen LogP contribution >= 0.6 is 15.9 Å². The maximum Gasteiger partial charge on any atom is 0.135 e. The van der Waals surface area contributed by atoms with Gasteiger partial charge < -0.3 is 15.4 Å². The molecular formula is C11H17BrN2O. The number of nitrogens with zero attached hydrogens (tertiary/aromatic N) is 1. The number of hydrogen-bond donors (Lipinski definition) is 1. The first kappa shape index (κ1) is 12.3. The summed E-state index contributed by atoms with van der Waals surface area (Å²) in [7, 11) is 4.10. The molecule has 0 bridgehead atoms. The molecule has 0 amide bonds. The van der Waals surface area contributed by atoms with E-state index in [1.807, 2.05) is 18.2 Å². The summed E-state index contributed by atoms with van der Waals surface area (Å²) in [5.74, 6) is 0.814. The zero-order chi connectivity index (χ0) is 11.3. The van der Waals surface area contributed by atoms with E-state index in [2.05, 4.69) is 34.9 Å². The normalized spacial score (nSPS) is 10.7. The molecule has 84 valence electrons. The molecule has 0 aliphatic carbocycles. The van der Waals surface area contributed by atoms with Crippen LogP contribution in [0.4, 0.5) is 5.69 Å². The third kappa shape index (κ3) is 4.53. The summed E-state index contributed by atoms with van der Waals surface area (Å²) >= 11 is 3.42. The fourth-order valence-electron chi connectivity index (χ4n) is 1.19. The Kier molecular flexibility index (Phi) is 4.91. The van der Waals surface area contributed by atoms with Gasteiger partial charge in [0.2, 0.25) is 0 Å². The van der Waals surface area contributed by atoms with Gasteiger partial charge in [0, 0.05) is 18.3 Å². The largest absolute Gasteiger partial charge is 0.492 e. The van der Waals surface area contributed by atoms with Gasteiger partial charge >= 0.3 is 0 Å². The van der Waals surface area contributed by atoms with Crippen molar-refractivity contribution in [2.24, 2.45) is 0 Å². The summed E-state index contributed by atoms with van der Waals surface area (Å²) in [5, 5.41) is 0. The zero-order valence-electron chi connectivity index (χ0n) is 9.16. The molecule has 0 spiro atoms. The molecule has 0 aliphatic rings. The predicted molar refractivity (Wildman–Crippen MR) is 67.2 cm³/mol. The third-order valence-electron chi connectivity index (χ3n) is 1.96. The van der Waals surface area contributed by atoms with Gasteiger partial charge in [-0.05, 0) is 48.6 Å². The van der Waals surface area contributed by atoms with Crippen LogP contribution in [0.5, 0.6) is 5.75 Å². The first-order valence-electron chi connectivity index (χ1n) is 4.92. The first-order chi connectivity index (χ1) is 7.09. The van der Waals surface area contributed by atoms with E-state index in [1.165, 1.54) is 0 Å². The highest BCUT2D eigenvalue weighted by Crippen LogP contribution is 2.26. The minimum atomic E-state index is 0.709. The molecule has 2 N–H and O–H groups in total. The van der Waals surface area contributed by atoms with Crippen molar-refractivity contribution in [1.82, 2.24) is 4.90 Å². The van der Waals surface area contributed by atoms with Crippen LogP contribution in [0.3, 0.4) is 0 Å². The van der Waals surface area contributed by atoms with Crippen LogP contribution in [-0.4, -0.2) is 32.1 Å². The van der Waals surface area contributed by atoms with Crippen LogP contribution in [-0.2, 0) is 0 Å². The van der Waals surface area contributed by atoms with Gasteiger partial charge in [0.25, 0.3) is 0 Å². The molecule has 0 atom stereocenters. The molecular weight excluding hydrogens is 256 g/mol. The molecule has 0 saturated carbocycles. The predicted octanol–water partition coefficient (Wildman–Crippen LogP) is 2.36. The van der Waals surface area contributed by atoms with Gasteiger partial charge in [-0.3, -0.25) is 0 Å². The molecule has 0 unspecified atom stereocenters. The van der Waals surface area contributed by atoms with Crippen LogP contribution < -0.4 is 10.5 Å². The van der Waals surface area contributed by atoms with Crippen LogP contribution in [0.15, 0.2) is 22.7 Å². The third-order valence-corrected chi connectivity index (χ3v) is 2.62. The summed E-state index contributed by atoms with van der Waals surface area (Å²) in [6.45, 7) is 1.74. The summed E-state index contributed by atoms with van der Waals surface area (Å²) in [4.78, 5) is 2.14. The minimum absolute atomic E-state index is 0.709. The standard InChI is InChI=1S/C11H17BrN2O/c1-14(2)6-3-7-15-11-8-9(13)4-5-10(11)12/h4-5,8H,3,6-7,13H2,1-2H3. The fraction of sp³-hybridized carbons (Fsp3) is 0.455. The Hall–Kier alpha value is -0.740. The molecule has 15 heavy (non-hydrogen) atoms. The minimum Gasteiger partial charge on any atom is -0.492 e. The van der Waals surface area contributed by atoms with Crippen molar-refractivity contribution in [1.29, 1.82) is 0 Å². The topological polar surface area (TPSA) is 38.5 Å². The number of ether oxygens (including phenoxy) is 1. The van der Waals surface area contributed by atoms with E-state index >= 15 is 0 Å². The lowest BCUT2D eigenvalue weighted by Crippen LogP contribution is -2.15. The van der Waals surface area contributed by atoms with E-state index in [4.69, 9.17) is 10.5 Å². The van der Waals surface area contributed by atoms with Gasteiger partial charge in [-0.1, -0.05) is 0 Å². The summed E-state index contributed by atoms with van der Waals surface area (Å²) in [5.41, 5.74) is 6.39. The molecule has 0 radical (unpaired) electrons. The smallest absolute Gasteiger partial charge is 0.135 e. The number of nitrogens with two attached hydrogens (primary N) is 1. The number of benzene rings is 1. The monoisotopic (exact) mass is 272 g/mol. The molecule has 0 saturated heterocycles.